The van der Waals surface area contributed by atoms with Crippen molar-refractivity contribution in [3.8, 4) is 11.3 Å². The summed E-state index contributed by atoms with van der Waals surface area (Å²) in [5.74, 6) is -1.89. The number of nitrogens with zero attached hydrogens (tertiary/aromatic N) is 3. The second-order valence-corrected chi connectivity index (χ2v) is 10.1. The molecule has 0 saturated heterocycles. The fourth-order valence-corrected chi connectivity index (χ4v) is 4.74. The highest BCUT2D eigenvalue weighted by atomic mass is 19.4. The van der Waals surface area contributed by atoms with Crippen molar-refractivity contribution in [2.75, 3.05) is 0 Å². The lowest BCUT2D eigenvalue weighted by atomic mass is 9.99. The van der Waals surface area contributed by atoms with Crippen LogP contribution in [0.4, 0.5) is 22.0 Å². The van der Waals surface area contributed by atoms with Gasteiger partial charge >= 0.3 is 6.18 Å². The number of benzene rings is 2. The van der Waals surface area contributed by atoms with Crippen molar-refractivity contribution < 1.29 is 26.7 Å². The third kappa shape index (κ3) is 5.68. The molecule has 1 saturated carbocycles. The van der Waals surface area contributed by atoms with E-state index in [0.29, 0.717) is 17.2 Å². The number of rotatable bonds is 7. The van der Waals surface area contributed by atoms with Crippen molar-refractivity contribution in [1.29, 1.82) is 5.41 Å². The Hall–Kier alpha value is -4.28. The maximum absolute atomic E-state index is 13.9. The van der Waals surface area contributed by atoms with Gasteiger partial charge in [0.2, 0.25) is 5.62 Å². The van der Waals surface area contributed by atoms with Crippen LogP contribution in [0.15, 0.2) is 60.9 Å². The van der Waals surface area contributed by atoms with Gasteiger partial charge in [0.15, 0.2) is 0 Å². The number of aryl methyl sites for hydroxylation is 2. The Balaban J connectivity index is 1.57. The van der Waals surface area contributed by atoms with Gasteiger partial charge in [0.05, 0.1) is 23.8 Å². The number of carbonyl (C=O) groups is 1. The lowest BCUT2D eigenvalue weighted by Gasteiger charge is -2.20. The normalized spacial score (nSPS) is 14.3. The van der Waals surface area contributed by atoms with Gasteiger partial charge in [0.25, 0.3) is 5.91 Å². The van der Waals surface area contributed by atoms with E-state index in [2.05, 4.69) is 10.3 Å². The molecule has 1 amide bonds. The van der Waals surface area contributed by atoms with E-state index in [9.17, 15) is 26.7 Å². The molecule has 5 rings (SSSR count). The van der Waals surface area contributed by atoms with E-state index < -0.39 is 29.5 Å². The van der Waals surface area contributed by atoms with Crippen molar-refractivity contribution in [2.45, 2.75) is 38.5 Å². The summed E-state index contributed by atoms with van der Waals surface area (Å²) in [6, 6.07) is 9.36. The van der Waals surface area contributed by atoms with Crippen molar-refractivity contribution in [1.82, 2.24) is 19.4 Å². The van der Waals surface area contributed by atoms with Crippen LogP contribution in [0.3, 0.4) is 0 Å². The monoisotopic (exact) mass is 555 g/mol. The predicted molar refractivity (Wildman–Crippen MR) is 137 cm³/mol. The van der Waals surface area contributed by atoms with Gasteiger partial charge in [-0.2, -0.15) is 13.2 Å². The van der Waals surface area contributed by atoms with Crippen LogP contribution in [-0.2, 0) is 19.8 Å². The lowest BCUT2D eigenvalue weighted by Crippen LogP contribution is -2.31. The minimum absolute atomic E-state index is 0.0846. The number of alkyl halides is 3. The van der Waals surface area contributed by atoms with Crippen LogP contribution in [0.1, 0.15) is 51.6 Å². The molecule has 4 aromatic rings. The maximum Gasteiger partial charge on any atom is 0.417 e. The van der Waals surface area contributed by atoms with Gasteiger partial charge in [-0.05, 0) is 78.8 Å². The van der Waals surface area contributed by atoms with E-state index in [1.165, 1.54) is 18.2 Å². The number of hydrogen-bond acceptors (Lipinski definition) is 3. The van der Waals surface area contributed by atoms with Crippen LogP contribution in [0, 0.1) is 29.9 Å². The quantitative estimate of drug-likeness (QED) is 0.279. The summed E-state index contributed by atoms with van der Waals surface area (Å²) in [5.41, 5.74) is -0.141. The van der Waals surface area contributed by atoms with Crippen molar-refractivity contribution >= 4 is 5.91 Å². The SMILES string of the molecule is Cc1cc([C@@H](NC(=O)c2cc(Cn3ccn(C)c3=N)cc(-c3ccc(F)cc3C(F)(F)F)n2)C2CC2)ccc1F. The number of aromatic nitrogens is 3. The Bertz CT molecular complexity index is 1650. The Morgan fingerprint density at radius 2 is 1.85 bits per heavy atom. The number of halogens is 5. The number of nitrogens with one attached hydrogen (secondary N) is 2. The minimum Gasteiger partial charge on any atom is -0.344 e. The van der Waals surface area contributed by atoms with E-state index in [4.69, 9.17) is 5.41 Å². The molecule has 1 aliphatic rings. The number of imidazole rings is 1. The molecule has 208 valence electrons. The third-order valence-electron chi connectivity index (χ3n) is 7.03. The van der Waals surface area contributed by atoms with Crippen LogP contribution in [-0.4, -0.2) is 20.0 Å². The van der Waals surface area contributed by atoms with Crippen molar-refractivity contribution in [3.63, 3.8) is 0 Å². The third-order valence-corrected chi connectivity index (χ3v) is 7.03. The molecular weight excluding hydrogens is 529 g/mol. The zero-order chi connectivity index (χ0) is 28.8. The summed E-state index contributed by atoms with van der Waals surface area (Å²) in [6.07, 6.45) is 0.159. The molecule has 2 N–H and O–H groups in total. The van der Waals surface area contributed by atoms with Crippen LogP contribution in [0.25, 0.3) is 11.3 Å². The Morgan fingerprint density at radius 1 is 1.10 bits per heavy atom. The highest BCUT2D eigenvalue weighted by molar-refractivity contribution is 5.93. The van der Waals surface area contributed by atoms with Crippen LogP contribution in [0.2, 0.25) is 0 Å². The molecule has 0 aliphatic heterocycles. The van der Waals surface area contributed by atoms with Gasteiger partial charge in [0, 0.05) is 25.0 Å². The largest absolute Gasteiger partial charge is 0.417 e. The highest BCUT2D eigenvalue weighted by Gasteiger charge is 2.36. The molecule has 1 atom stereocenters. The second-order valence-electron chi connectivity index (χ2n) is 10.1. The van der Waals surface area contributed by atoms with Gasteiger partial charge in [-0.25, -0.2) is 13.8 Å². The summed E-state index contributed by atoms with van der Waals surface area (Å²) < 4.78 is 72.4. The van der Waals surface area contributed by atoms with Crippen molar-refractivity contribution in [3.05, 3.63) is 106 Å². The molecule has 1 aliphatic carbocycles. The molecular formula is C29H26F5N5O. The molecule has 2 aromatic carbocycles. The van der Waals surface area contributed by atoms with Gasteiger partial charge in [-0.1, -0.05) is 12.1 Å². The first-order chi connectivity index (χ1) is 18.9. The molecule has 0 bridgehead atoms. The number of carbonyl (C=O) groups excluding carboxylic acids is 1. The molecule has 0 spiro atoms. The smallest absolute Gasteiger partial charge is 0.344 e. The Kier molecular flexibility index (Phi) is 7.07. The Morgan fingerprint density at radius 3 is 2.48 bits per heavy atom. The standard InChI is InChI=1S/C29H26F5N5O/c1-16-11-19(5-8-23(16)31)26(18-3-4-18)37-27(40)25-13-17(15-39-10-9-38(2)28(39)35)12-24(36-25)21-7-6-20(30)14-22(21)29(32,33)34/h5-14,18,26,35H,3-4,15H2,1-2H3,(H,37,40)/t26-/m0/s1. The first kappa shape index (κ1) is 27.3. The molecule has 1 fully saturated rings. The molecule has 11 heteroatoms. The number of amides is 1. The molecule has 0 radical (unpaired) electrons. The topological polar surface area (TPSA) is 75.7 Å². The molecule has 40 heavy (non-hydrogen) atoms. The van der Waals surface area contributed by atoms with Gasteiger partial charge < -0.3 is 14.5 Å². The minimum atomic E-state index is -4.86. The molecule has 2 heterocycles. The van der Waals surface area contributed by atoms with E-state index in [0.717, 1.165) is 30.5 Å². The zero-order valence-electron chi connectivity index (χ0n) is 21.7. The summed E-state index contributed by atoms with van der Waals surface area (Å²) in [7, 11) is 1.68. The van der Waals surface area contributed by atoms with E-state index in [-0.39, 0.29) is 40.8 Å². The summed E-state index contributed by atoms with van der Waals surface area (Å²) in [5, 5.41) is 11.2. The van der Waals surface area contributed by atoms with Crippen molar-refractivity contribution in [2.24, 2.45) is 13.0 Å². The number of hydrogen-bond donors (Lipinski definition) is 2. The van der Waals surface area contributed by atoms with Crippen LogP contribution < -0.4 is 10.9 Å². The summed E-state index contributed by atoms with van der Waals surface area (Å²) in [6.45, 7) is 1.71. The molecule has 0 unspecified atom stereocenters. The van der Waals surface area contributed by atoms with Crippen LogP contribution in [0.5, 0.6) is 0 Å². The average Bonchev–Trinajstić information content (AvgIpc) is 3.70. The average molecular weight is 556 g/mol. The Labute approximate surface area is 226 Å². The van der Waals surface area contributed by atoms with E-state index in [1.807, 2.05) is 0 Å². The predicted octanol–water partition coefficient (Wildman–Crippen LogP) is 5.90. The first-order valence-electron chi connectivity index (χ1n) is 12.6. The zero-order valence-corrected chi connectivity index (χ0v) is 21.7. The number of pyridine rings is 1. The van der Waals surface area contributed by atoms with E-state index in [1.54, 1.807) is 47.6 Å². The molecule has 6 nitrogen and oxygen atoms in total. The fraction of sp³-hybridized carbons (Fsp3) is 0.276. The van der Waals surface area contributed by atoms with Crippen LogP contribution >= 0.6 is 0 Å². The van der Waals surface area contributed by atoms with Gasteiger partial charge in [-0.15, -0.1) is 0 Å². The summed E-state index contributed by atoms with van der Waals surface area (Å²) >= 11 is 0. The summed E-state index contributed by atoms with van der Waals surface area (Å²) in [4.78, 5) is 17.8. The van der Waals surface area contributed by atoms with Gasteiger partial charge in [-0.3, -0.25) is 10.2 Å². The fourth-order valence-electron chi connectivity index (χ4n) is 4.74. The maximum atomic E-state index is 13.9. The lowest BCUT2D eigenvalue weighted by molar-refractivity contribution is -0.137. The van der Waals surface area contributed by atoms with E-state index >= 15 is 0 Å². The second kappa shape index (κ2) is 10.4. The molecule has 2 aromatic heterocycles. The highest BCUT2D eigenvalue weighted by Crippen LogP contribution is 2.42. The van der Waals surface area contributed by atoms with Gasteiger partial charge in [0.1, 0.15) is 17.3 Å². The first-order valence-corrected chi connectivity index (χ1v) is 12.6.